The molecule has 4 aliphatic heterocycles. The molecule has 1 spiro atoms. The number of imide groups is 1. The second-order valence-electron chi connectivity index (χ2n) is 9.28. The molecule has 2 aromatic rings. The molecule has 34 heavy (non-hydrogen) atoms. The quantitative estimate of drug-likeness (QED) is 0.422. The molecule has 2 aromatic carbocycles. The lowest BCUT2D eigenvalue weighted by molar-refractivity contribution is -0.384. The number of fused-ring (bicyclic) bond motifs is 7. The lowest BCUT2D eigenvalue weighted by Gasteiger charge is -2.36. The number of anilines is 2. The number of methoxy groups -OCH3 is 1. The van der Waals surface area contributed by atoms with Crippen LogP contribution in [0.25, 0.3) is 0 Å². The molecule has 3 fully saturated rings. The first-order valence-electron chi connectivity index (χ1n) is 11.2. The number of carbonyl (C=O) groups excluding carboxylic acids is 3. The topological polar surface area (TPSA) is 122 Å². The third kappa shape index (κ3) is 2.35. The fourth-order valence-corrected chi connectivity index (χ4v) is 6.55. The predicted molar refractivity (Wildman–Crippen MR) is 120 cm³/mol. The highest BCUT2D eigenvalue weighted by atomic mass is 16.6. The summed E-state index contributed by atoms with van der Waals surface area (Å²) in [6, 6.07) is 9.13. The molecule has 0 radical (unpaired) electrons. The summed E-state index contributed by atoms with van der Waals surface area (Å²) in [6.07, 6.45) is 1.53. The molecule has 3 saturated heterocycles. The van der Waals surface area contributed by atoms with E-state index in [4.69, 9.17) is 4.74 Å². The molecule has 0 unspecified atom stereocenters. The second kappa shape index (κ2) is 6.86. The molecular weight excluding hydrogens is 440 g/mol. The lowest BCUT2D eigenvalue weighted by atomic mass is 9.75. The first-order chi connectivity index (χ1) is 16.3. The molecule has 0 aliphatic carbocycles. The fourth-order valence-electron chi connectivity index (χ4n) is 6.55. The minimum Gasteiger partial charge on any atom is -0.497 e. The van der Waals surface area contributed by atoms with Crippen molar-refractivity contribution in [3.05, 3.63) is 57.6 Å². The minimum atomic E-state index is -1.30. The highest BCUT2D eigenvalue weighted by Crippen LogP contribution is 2.61. The molecule has 4 aliphatic rings. The molecular formula is C24H22N4O6. The van der Waals surface area contributed by atoms with E-state index in [1.54, 1.807) is 25.1 Å². The second-order valence-corrected chi connectivity index (χ2v) is 9.28. The standard InChI is InChI=1S/C24H22N4O6/c1-12-10-13(28(32)33)5-8-17(12)27-21(29)19-18-4-3-9-26(18)24(20(19)22(27)30)15-11-14(34-2)6-7-16(15)25-23(24)31/h5-8,10-11,18-20H,3-4,9H2,1-2H3,(H,25,31)/t18-,19-,20-,24+/m0/s1. The number of nitro groups is 1. The Hall–Kier alpha value is -3.79. The van der Waals surface area contributed by atoms with Crippen molar-refractivity contribution in [2.75, 3.05) is 23.9 Å². The van der Waals surface area contributed by atoms with Crippen molar-refractivity contribution in [3.63, 3.8) is 0 Å². The van der Waals surface area contributed by atoms with Crippen LogP contribution < -0.4 is 15.0 Å². The largest absolute Gasteiger partial charge is 0.497 e. The average Bonchev–Trinajstić information content (AvgIpc) is 3.52. The smallest absolute Gasteiger partial charge is 0.269 e. The van der Waals surface area contributed by atoms with E-state index >= 15 is 0 Å². The Morgan fingerprint density at radius 1 is 1.15 bits per heavy atom. The molecule has 174 valence electrons. The van der Waals surface area contributed by atoms with Crippen LogP contribution in [-0.4, -0.2) is 47.2 Å². The first kappa shape index (κ1) is 20.8. The van der Waals surface area contributed by atoms with Crippen LogP contribution in [0.3, 0.4) is 0 Å². The van der Waals surface area contributed by atoms with E-state index in [-0.39, 0.29) is 23.5 Å². The number of nitro benzene ring substituents is 1. The van der Waals surface area contributed by atoms with Crippen molar-refractivity contribution in [2.24, 2.45) is 11.8 Å². The van der Waals surface area contributed by atoms with Gasteiger partial charge in [0.25, 0.3) is 5.69 Å². The summed E-state index contributed by atoms with van der Waals surface area (Å²) < 4.78 is 5.41. The molecule has 6 rings (SSSR count). The van der Waals surface area contributed by atoms with Gasteiger partial charge in [0.1, 0.15) is 11.3 Å². The number of aryl methyl sites for hydroxylation is 1. The highest BCUT2D eigenvalue weighted by Gasteiger charge is 2.74. The van der Waals surface area contributed by atoms with Gasteiger partial charge in [0.05, 0.1) is 29.6 Å². The molecule has 4 atom stereocenters. The Kier molecular flexibility index (Phi) is 4.20. The lowest BCUT2D eigenvalue weighted by Crippen LogP contribution is -2.54. The number of non-ortho nitro benzene ring substituents is 1. The monoisotopic (exact) mass is 462 g/mol. The average molecular weight is 462 g/mol. The number of carbonyl (C=O) groups is 3. The van der Waals surface area contributed by atoms with E-state index in [1.165, 1.54) is 25.3 Å². The number of amides is 3. The summed E-state index contributed by atoms with van der Waals surface area (Å²) in [5, 5.41) is 14.1. The molecule has 10 heteroatoms. The third-order valence-corrected chi connectivity index (χ3v) is 7.83. The molecule has 1 N–H and O–H groups in total. The first-order valence-corrected chi connectivity index (χ1v) is 11.2. The van der Waals surface area contributed by atoms with Gasteiger partial charge in [-0.2, -0.15) is 0 Å². The molecule has 0 bridgehead atoms. The Bertz CT molecular complexity index is 1310. The number of hydrogen-bond acceptors (Lipinski definition) is 7. The fraction of sp³-hybridized carbons (Fsp3) is 0.375. The minimum absolute atomic E-state index is 0.116. The van der Waals surface area contributed by atoms with Crippen molar-refractivity contribution < 1.29 is 24.0 Å². The molecule has 10 nitrogen and oxygen atoms in total. The van der Waals surface area contributed by atoms with E-state index in [9.17, 15) is 24.5 Å². The normalized spacial score (nSPS) is 29.4. The van der Waals surface area contributed by atoms with E-state index in [1.807, 2.05) is 4.90 Å². The summed E-state index contributed by atoms with van der Waals surface area (Å²) in [7, 11) is 1.54. The van der Waals surface area contributed by atoms with Crippen molar-refractivity contribution in [1.82, 2.24) is 4.90 Å². The molecule has 0 saturated carbocycles. The van der Waals surface area contributed by atoms with Gasteiger partial charge in [-0.3, -0.25) is 29.4 Å². The molecule has 4 heterocycles. The maximum Gasteiger partial charge on any atom is 0.269 e. The Morgan fingerprint density at radius 3 is 2.65 bits per heavy atom. The van der Waals surface area contributed by atoms with Crippen LogP contribution in [0.4, 0.5) is 17.1 Å². The van der Waals surface area contributed by atoms with Gasteiger partial charge < -0.3 is 10.1 Å². The molecule has 0 aromatic heterocycles. The van der Waals surface area contributed by atoms with Gasteiger partial charge in [0.15, 0.2) is 0 Å². The molecule has 3 amide bonds. The van der Waals surface area contributed by atoms with Crippen LogP contribution in [-0.2, 0) is 19.9 Å². The number of benzene rings is 2. The Labute approximate surface area is 194 Å². The zero-order valence-electron chi connectivity index (χ0n) is 18.6. The number of rotatable bonds is 3. The van der Waals surface area contributed by atoms with Gasteiger partial charge in [-0.25, -0.2) is 4.90 Å². The van der Waals surface area contributed by atoms with Crippen LogP contribution in [0.1, 0.15) is 24.0 Å². The van der Waals surface area contributed by atoms with Gasteiger partial charge in [-0.1, -0.05) is 0 Å². The number of hydrogen-bond donors (Lipinski definition) is 1. The van der Waals surface area contributed by atoms with Crippen LogP contribution in [0.2, 0.25) is 0 Å². The summed E-state index contributed by atoms with van der Waals surface area (Å²) in [5.41, 5.74) is 0.619. The van der Waals surface area contributed by atoms with Gasteiger partial charge >= 0.3 is 0 Å². The van der Waals surface area contributed by atoms with Crippen LogP contribution in [0.5, 0.6) is 5.75 Å². The number of nitrogens with zero attached hydrogens (tertiary/aromatic N) is 3. The van der Waals surface area contributed by atoms with E-state index in [0.717, 1.165) is 11.3 Å². The maximum absolute atomic E-state index is 14.0. The van der Waals surface area contributed by atoms with E-state index in [0.29, 0.717) is 41.2 Å². The Morgan fingerprint density at radius 2 is 1.94 bits per heavy atom. The van der Waals surface area contributed by atoms with Gasteiger partial charge in [-0.15, -0.1) is 0 Å². The van der Waals surface area contributed by atoms with Crippen molar-refractivity contribution in [2.45, 2.75) is 31.3 Å². The summed E-state index contributed by atoms with van der Waals surface area (Å²) in [5.74, 6) is -2.12. The van der Waals surface area contributed by atoms with Crippen LogP contribution in [0, 0.1) is 28.9 Å². The summed E-state index contributed by atoms with van der Waals surface area (Å²) >= 11 is 0. The zero-order valence-corrected chi connectivity index (χ0v) is 18.6. The summed E-state index contributed by atoms with van der Waals surface area (Å²) in [6.45, 7) is 2.25. The van der Waals surface area contributed by atoms with Gasteiger partial charge in [0, 0.05) is 29.4 Å². The number of nitrogens with one attached hydrogen (secondary N) is 1. The van der Waals surface area contributed by atoms with Crippen LogP contribution in [0.15, 0.2) is 36.4 Å². The summed E-state index contributed by atoms with van der Waals surface area (Å²) in [4.78, 5) is 55.3. The van der Waals surface area contributed by atoms with Crippen molar-refractivity contribution in [3.8, 4) is 5.75 Å². The maximum atomic E-state index is 14.0. The Balaban J connectivity index is 1.53. The van der Waals surface area contributed by atoms with Gasteiger partial charge in [-0.05, 0) is 56.1 Å². The predicted octanol–water partition coefficient (Wildman–Crippen LogP) is 2.34. The van der Waals surface area contributed by atoms with Crippen molar-refractivity contribution >= 4 is 34.8 Å². The number of ether oxygens (including phenoxy) is 1. The zero-order chi connectivity index (χ0) is 23.9. The van der Waals surface area contributed by atoms with Crippen LogP contribution >= 0.6 is 0 Å². The van der Waals surface area contributed by atoms with Crippen molar-refractivity contribution in [1.29, 1.82) is 0 Å². The highest BCUT2D eigenvalue weighted by molar-refractivity contribution is 6.26. The van der Waals surface area contributed by atoms with E-state index in [2.05, 4.69) is 5.32 Å². The third-order valence-electron chi connectivity index (χ3n) is 7.83. The van der Waals surface area contributed by atoms with Gasteiger partial charge in [0.2, 0.25) is 17.7 Å². The SMILES string of the molecule is COc1ccc2c(c1)[C@]1(C(=O)N2)[C@@H]2C(=O)N(c3ccc([N+](=O)[O-])cc3C)C(=O)[C@H]2[C@@H]2CCCN21. The van der Waals surface area contributed by atoms with E-state index < -0.39 is 28.2 Å².